The van der Waals surface area contributed by atoms with E-state index in [0.717, 1.165) is 0 Å². The quantitative estimate of drug-likeness (QED) is 0.544. The van der Waals surface area contributed by atoms with Crippen LogP contribution in [0.1, 0.15) is 15.9 Å². The molecule has 8 heteroatoms. The average Bonchev–Trinajstić information content (AvgIpc) is 2.61. The number of hydrazone groups is 1. The highest BCUT2D eigenvalue weighted by atomic mass is 16.5. The lowest BCUT2D eigenvalue weighted by atomic mass is 10.1. The van der Waals surface area contributed by atoms with E-state index in [-0.39, 0.29) is 17.1 Å². The zero-order chi connectivity index (χ0) is 18.4. The number of hydrogen-bond donors (Lipinski definition) is 3. The molecule has 25 heavy (non-hydrogen) atoms. The molecule has 0 aliphatic heterocycles. The molecular formula is C17H18N2O6. The molecule has 0 unspecified atom stereocenters. The molecule has 2 aromatic rings. The van der Waals surface area contributed by atoms with E-state index in [2.05, 4.69) is 10.5 Å². The number of phenols is 2. The molecule has 0 bridgehead atoms. The van der Waals surface area contributed by atoms with Gasteiger partial charge in [0.25, 0.3) is 5.91 Å². The van der Waals surface area contributed by atoms with E-state index in [9.17, 15) is 15.0 Å². The van der Waals surface area contributed by atoms with E-state index >= 15 is 0 Å². The number of carbonyl (C=O) groups excluding carboxylic acids is 1. The highest BCUT2D eigenvalue weighted by Gasteiger charge is 2.16. The normalized spacial score (nSPS) is 10.5. The van der Waals surface area contributed by atoms with Crippen LogP contribution in [0, 0.1) is 0 Å². The van der Waals surface area contributed by atoms with Gasteiger partial charge in [-0.25, -0.2) is 5.43 Å². The molecule has 0 saturated carbocycles. The Kier molecular flexibility index (Phi) is 5.67. The molecule has 0 aliphatic rings. The average molecular weight is 346 g/mol. The smallest absolute Gasteiger partial charge is 0.271 e. The van der Waals surface area contributed by atoms with Crippen LogP contribution in [0.3, 0.4) is 0 Å². The lowest BCUT2D eigenvalue weighted by Crippen LogP contribution is -2.18. The monoisotopic (exact) mass is 346 g/mol. The van der Waals surface area contributed by atoms with Gasteiger partial charge in [-0.2, -0.15) is 5.10 Å². The number of aromatic hydroxyl groups is 2. The second-order valence-electron chi connectivity index (χ2n) is 4.86. The third kappa shape index (κ3) is 4.11. The molecule has 0 aliphatic carbocycles. The Bertz CT molecular complexity index is 779. The van der Waals surface area contributed by atoms with Gasteiger partial charge in [-0.3, -0.25) is 4.79 Å². The first-order valence-corrected chi connectivity index (χ1v) is 7.15. The minimum atomic E-state index is -0.506. The Morgan fingerprint density at radius 3 is 2.20 bits per heavy atom. The van der Waals surface area contributed by atoms with E-state index in [1.165, 1.54) is 57.9 Å². The zero-order valence-corrected chi connectivity index (χ0v) is 13.9. The number of nitrogens with zero attached hydrogens (tertiary/aromatic N) is 1. The predicted molar refractivity (Wildman–Crippen MR) is 90.9 cm³/mol. The van der Waals surface area contributed by atoms with Gasteiger partial charge in [0, 0.05) is 17.2 Å². The molecule has 132 valence electrons. The van der Waals surface area contributed by atoms with Gasteiger partial charge in [-0.1, -0.05) is 0 Å². The first-order chi connectivity index (χ1) is 12.0. The minimum absolute atomic E-state index is 0.0730. The fourth-order valence-electron chi connectivity index (χ4n) is 2.08. The molecule has 8 nitrogen and oxygen atoms in total. The van der Waals surface area contributed by atoms with Crippen molar-refractivity contribution in [2.24, 2.45) is 5.10 Å². The topological polar surface area (TPSA) is 110 Å². The van der Waals surface area contributed by atoms with E-state index in [1.807, 2.05) is 0 Å². The summed E-state index contributed by atoms with van der Waals surface area (Å²) in [6.45, 7) is 0. The van der Waals surface area contributed by atoms with Crippen molar-refractivity contribution in [2.45, 2.75) is 0 Å². The summed E-state index contributed by atoms with van der Waals surface area (Å²) in [4.78, 5) is 12.2. The van der Waals surface area contributed by atoms with Gasteiger partial charge in [0.1, 0.15) is 11.5 Å². The molecule has 2 rings (SSSR count). The first kappa shape index (κ1) is 17.9. The zero-order valence-electron chi connectivity index (χ0n) is 13.9. The third-order valence-corrected chi connectivity index (χ3v) is 3.31. The van der Waals surface area contributed by atoms with Crippen LogP contribution in [0.5, 0.6) is 28.7 Å². The highest BCUT2D eigenvalue weighted by Crippen LogP contribution is 2.38. The highest BCUT2D eigenvalue weighted by molar-refractivity contribution is 5.96. The summed E-state index contributed by atoms with van der Waals surface area (Å²) in [7, 11) is 4.37. The first-order valence-electron chi connectivity index (χ1n) is 7.15. The molecule has 0 aromatic heterocycles. The van der Waals surface area contributed by atoms with E-state index in [0.29, 0.717) is 22.8 Å². The third-order valence-electron chi connectivity index (χ3n) is 3.31. The number of rotatable bonds is 6. The van der Waals surface area contributed by atoms with Crippen molar-refractivity contribution in [3.8, 4) is 28.7 Å². The lowest BCUT2D eigenvalue weighted by Gasteiger charge is -2.13. The van der Waals surface area contributed by atoms with Crippen LogP contribution in [0.15, 0.2) is 35.4 Å². The number of phenolic OH excluding ortho intramolecular Hbond substituents is 2. The largest absolute Gasteiger partial charge is 0.508 e. The summed E-state index contributed by atoms with van der Waals surface area (Å²) in [5.74, 6) is 0.314. The van der Waals surface area contributed by atoms with Gasteiger partial charge in [0.05, 0.1) is 27.5 Å². The molecule has 0 saturated heterocycles. The Balaban J connectivity index is 2.19. The van der Waals surface area contributed by atoms with E-state index in [1.54, 1.807) is 0 Å². The molecule has 1 amide bonds. The standard InChI is InChI=1S/C17H18N2O6/c1-23-14-6-11(7-15(24-2)16(14)25-3)17(22)19-18-9-10-4-5-12(20)8-13(10)21/h4-9,20-21H,1-3H3,(H,19,22)/b18-9-. The molecular weight excluding hydrogens is 328 g/mol. The maximum atomic E-state index is 12.2. The van der Waals surface area contributed by atoms with Gasteiger partial charge in [-0.05, 0) is 24.3 Å². The van der Waals surface area contributed by atoms with Crippen LogP contribution in [0.4, 0.5) is 0 Å². The second-order valence-corrected chi connectivity index (χ2v) is 4.86. The van der Waals surface area contributed by atoms with Crippen molar-refractivity contribution in [1.29, 1.82) is 0 Å². The van der Waals surface area contributed by atoms with Gasteiger partial charge in [0.15, 0.2) is 11.5 Å². The van der Waals surface area contributed by atoms with Crippen LogP contribution in [0.25, 0.3) is 0 Å². The van der Waals surface area contributed by atoms with Crippen LogP contribution in [-0.4, -0.2) is 43.7 Å². The Hall–Kier alpha value is -3.42. The van der Waals surface area contributed by atoms with Crippen LogP contribution < -0.4 is 19.6 Å². The molecule has 2 aromatic carbocycles. The second kappa shape index (κ2) is 7.91. The number of hydrogen-bond acceptors (Lipinski definition) is 7. The Morgan fingerprint density at radius 1 is 1.04 bits per heavy atom. The fourth-order valence-corrected chi connectivity index (χ4v) is 2.08. The molecule has 0 heterocycles. The number of amides is 1. The summed E-state index contributed by atoms with van der Waals surface area (Å²) in [6.07, 6.45) is 1.25. The summed E-state index contributed by atoms with van der Waals surface area (Å²) in [6, 6.07) is 7.00. The van der Waals surface area contributed by atoms with E-state index < -0.39 is 5.91 Å². The summed E-state index contributed by atoms with van der Waals surface area (Å²) < 4.78 is 15.6. The number of nitrogens with one attached hydrogen (secondary N) is 1. The van der Waals surface area contributed by atoms with Gasteiger partial charge in [-0.15, -0.1) is 0 Å². The Morgan fingerprint density at radius 2 is 1.68 bits per heavy atom. The Labute approximate surface area is 144 Å². The van der Waals surface area contributed by atoms with Gasteiger partial charge < -0.3 is 24.4 Å². The van der Waals surface area contributed by atoms with Crippen molar-refractivity contribution in [1.82, 2.24) is 5.43 Å². The van der Waals surface area contributed by atoms with Gasteiger partial charge >= 0.3 is 0 Å². The van der Waals surface area contributed by atoms with Crippen molar-refractivity contribution in [3.05, 3.63) is 41.5 Å². The van der Waals surface area contributed by atoms with Crippen LogP contribution in [0.2, 0.25) is 0 Å². The summed E-state index contributed by atoms with van der Waals surface area (Å²) in [5.41, 5.74) is 2.92. The fraction of sp³-hybridized carbons (Fsp3) is 0.176. The van der Waals surface area contributed by atoms with Crippen molar-refractivity contribution in [2.75, 3.05) is 21.3 Å². The number of ether oxygens (including phenoxy) is 3. The maximum Gasteiger partial charge on any atom is 0.271 e. The number of carbonyl (C=O) groups is 1. The van der Waals surface area contributed by atoms with Crippen molar-refractivity contribution >= 4 is 12.1 Å². The summed E-state index contributed by atoms with van der Waals surface area (Å²) >= 11 is 0. The molecule has 0 atom stereocenters. The molecule has 3 N–H and O–H groups in total. The number of methoxy groups -OCH3 is 3. The van der Waals surface area contributed by atoms with Gasteiger partial charge in [0.2, 0.25) is 5.75 Å². The predicted octanol–water partition coefficient (Wildman–Crippen LogP) is 1.89. The van der Waals surface area contributed by atoms with E-state index in [4.69, 9.17) is 14.2 Å². The molecule has 0 spiro atoms. The maximum absolute atomic E-state index is 12.2. The van der Waals surface area contributed by atoms with Crippen molar-refractivity contribution in [3.63, 3.8) is 0 Å². The lowest BCUT2D eigenvalue weighted by molar-refractivity contribution is 0.0954. The minimum Gasteiger partial charge on any atom is -0.508 e. The number of benzene rings is 2. The molecule has 0 fully saturated rings. The SMILES string of the molecule is COc1cc(C(=O)N/N=C\c2ccc(O)cc2O)cc(OC)c1OC. The van der Waals surface area contributed by atoms with Crippen molar-refractivity contribution < 1.29 is 29.2 Å². The van der Waals surface area contributed by atoms with Crippen LogP contribution >= 0.6 is 0 Å². The molecule has 0 radical (unpaired) electrons. The van der Waals surface area contributed by atoms with Crippen LogP contribution in [-0.2, 0) is 0 Å². The summed E-state index contributed by atoms with van der Waals surface area (Å²) in [5, 5.41) is 22.7.